The Morgan fingerprint density at radius 3 is 2.16 bits per heavy atom. The second kappa shape index (κ2) is 8.64. The molecule has 1 aliphatic rings. The Balaban J connectivity index is 2.07. The van der Waals surface area contributed by atoms with Gasteiger partial charge < -0.3 is 10.2 Å². The molecule has 1 aliphatic heterocycles. The van der Waals surface area contributed by atoms with Gasteiger partial charge in [0.2, 0.25) is 0 Å². The molecule has 4 nitrogen and oxygen atoms in total. The number of rotatable bonds is 4. The van der Waals surface area contributed by atoms with E-state index in [1.807, 2.05) is 0 Å². The van der Waals surface area contributed by atoms with Crippen LogP contribution in [0.5, 0.6) is 0 Å². The van der Waals surface area contributed by atoms with Gasteiger partial charge in [0.05, 0.1) is 11.8 Å². The third kappa shape index (κ3) is 4.77. The third-order valence-corrected chi connectivity index (χ3v) is 5.40. The second-order valence-corrected chi connectivity index (χ2v) is 8.04. The molecule has 1 heterocycles. The van der Waals surface area contributed by atoms with Crippen molar-refractivity contribution in [3.8, 4) is 0 Å². The zero-order valence-electron chi connectivity index (χ0n) is 15.5. The lowest BCUT2D eigenvalue weighted by Crippen LogP contribution is -2.45. The summed E-state index contributed by atoms with van der Waals surface area (Å²) in [5, 5.41) is 4.71. The van der Waals surface area contributed by atoms with Gasteiger partial charge >= 0.3 is 18.3 Å². The summed E-state index contributed by atoms with van der Waals surface area (Å²) in [7, 11) is 0. The lowest BCUT2D eigenvalue weighted by atomic mass is 9.85. The molecular weight excluding hydrogens is 509 g/mol. The van der Waals surface area contributed by atoms with E-state index in [4.69, 9.17) is 39.6 Å². The first-order valence-corrected chi connectivity index (χ1v) is 9.78. The van der Waals surface area contributed by atoms with Crippen LogP contribution in [0.15, 0.2) is 47.6 Å². The second-order valence-electron chi connectivity index (χ2n) is 6.76. The molecule has 1 N–H and O–H groups in total. The SMILES string of the molecule is O=C(NC(C1=NOC(c2cc(Cl)cc(Cl)c2)(C(F)(F)F)C1)c1ccccc1Cl)C(F)(F)F. The van der Waals surface area contributed by atoms with Crippen molar-refractivity contribution >= 4 is 46.4 Å². The zero-order chi connectivity index (χ0) is 23.9. The van der Waals surface area contributed by atoms with Crippen LogP contribution in [0.25, 0.3) is 0 Å². The van der Waals surface area contributed by atoms with E-state index in [2.05, 4.69) is 5.16 Å². The van der Waals surface area contributed by atoms with Crippen molar-refractivity contribution in [3.63, 3.8) is 0 Å². The Morgan fingerprint density at radius 2 is 1.62 bits per heavy atom. The summed E-state index contributed by atoms with van der Waals surface area (Å²) in [5.74, 6) is -2.39. The number of hydrogen-bond donors (Lipinski definition) is 1. The number of nitrogens with one attached hydrogen (secondary N) is 1. The molecule has 0 spiro atoms. The number of carbonyl (C=O) groups excluding carboxylic acids is 1. The van der Waals surface area contributed by atoms with Gasteiger partial charge in [-0.3, -0.25) is 4.79 Å². The molecule has 0 aliphatic carbocycles. The minimum absolute atomic E-state index is 0.0991. The number of alkyl halides is 6. The highest BCUT2D eigenvalue weighted by atomic mass is 35.5. The average Bonchev–Trinajstić information content (AvgIpc) is 3.11. The number of oxime groups is 1. The van der Waals surface area contributed by atoms with Crippen molar-refractivity contribution in [3.05, 3.63) is 68.7 Å². The molecule has 0 saturated carbocycles. The lowest BCUT2D eigenvalue weighted by molar-refractivity contribution is -0.275. The van der Waals surface area contributed by atoms with Gasteiger partial charge in [-0.2, -0.15) is 26.3 Å². The fourth-order valence-corrected chi connectivity index (χ4v) is 3.90. The standard InChI is InChI=1S/C19H11Cl3F6N2O2/c20-10-5-9(6-11(21)7-10)17(19(26,27)28)8-14(30-32-17)15(29-16(31)18(23,24)25)12-3-1-2-4-13(12)22/h1-7,15H,8H2,(H,29,31). The number of benzene rings is 2. The van der Waals surface area contributed by atoms with E-state index in [1.54, 1.807) is 5.32 Å². The Hall–Kier alpha value is -2.17. The van der Waals surface area contributed by atoms with Gasteiger partial charge in [-0.1, -0.05) is 58.2 Å². The van der Waals surface area contributed by atoms with E-state index in [0.717, 1.165) is 12.1 Å². The van der Waals surface area contributed by atoms with Gasteiger partial charge in [0, 0.05) is 27.1 Å². The van der Waals surface area contributed by atoms with Crippen molar-refractivity contribution in [1.82, 2.24) is 5.32 Å². The van der Waals surface area contributed by atoms with Gasteiger partial charge in [-0.05, 0) is 29.8 Å². The van der Waals surface area contributed by atoms with Crippen LogP contribution >= 0.6 is 34.8 Å². The summed E-state index contributed by atoms with van der Waals surface area (Å²) in [6, 6.07) is 6.74. The average molecular weight is 520 g/mol. The molecule has 2 aromatic rings. The molecule has 1 amide bonds. The smallest absolute Gasteiger partial charge is 0.374 e. The number of nitrogens with zero attached hydrogens (tertiary/aromatic N) is 1. The van der Waals surface area contributed by atoms with Crippen LogP contribution in [0.1, 0.15) is 23.6 Å². The van der Waals surface area contributed by atoms with Gasteiger partial charge in [0.15, 0.2) is 0 Å². The maximum absolute atomic E-state index is 14.2. The predicted molar refractivity (Wildman–Crippen MR) is 106 cm³/mol. The van der Waals surface area contributed by atoms with Crippen molar-refractivity contribution in [2.45, 2.75) is 30.4 Å². The molecule has 13 heteroatoms. The molecule has 2 aromatic carbocycles. The van der Waals surface area contributed by atoms with Crippen molar-refractivity contribution in [2.24, 2.45) is 5.16 Å². The van der Waals surface area contributed by atoms with E-state index in [1.165, 1.54) is 30.3 Å². The maximum Gasteiger partial charge on any atom is 0.471 e. The summed E-state index contributed by atoms with van der Waals surface area (Å²) in [4.78, 5) is 16.4. The minimum atomic E-state index is -5.30. The molecule has 0 aromatic heterocycles. The molecule has 172 valence electrons. The van der Waals surface area contributed by atoms with Crippen LogP contribution in [-0.4, -0.2) is 24.0 Å². The van der Waals surface area contributed by atoms with Crippen LogP contribution in [-0.2, 0) is 15.2 Å². The zero-order valence-corrected chi connectivity index (χ0v) is 17.8. The number of carbonyl (C=O) groups is 1. The fourth-order valence-electron chi connectivity index (χ4n) is 3.13. The molecule has 2 unspecified atom stereocenters. The first-order chi connectivity index (χ1) is 14.7. The summed E-state index contributed by atoms with van der Waals surface area (Å²) in [6.45, 7) is 0. The Labute approximate surface area is 192 Å². The van der Waals surface area contributed by atoms with Crippen LogP contribution in [0.3, 0.4) is 0 Å². The Bertz CT molecular complexity index is 1050. The first kappa shape index (κ1) is 24.5. The van der Waals surface area contributed by atoms with Gasteiger partial charge in [-0.15, -0.1) is 0 Å². The lowest BCUT2D eigenvalue weighted by Gasteiger charge is -2.30. The van der Waals surface area contributed by atoms with E-state index < -0.39 is 47.6 Å². The first-order valence-electron chi connectivity index (χ1n) is 8.65. The summed E-state index contributed by atoms with van der Waals surface area (Å²) in [5.41, 5.74) is -4.25. The maximum atomic E-state index is 14.2. The van der Waals surface area contributed by atoms with E-state index in [-0.39, 0.29) is 20.6 Å². The van der Waals surface area contributed by atoms with Crippen molar-refractivity contribution in [1.29, 1.82) is 0 Å². The Morgan fingerprint density at radius 1 is 1.03 bits per heavy atom. The van der Waals surface area contributed by atoms with Crippen LogP contribution in [0.4, 0.5) is 26.3 Å². The molecular formula is C19H11Cl3F6N2O2. The highest BCUT2D eigenvalue weighted by molar-refractivity contribution is 6.34. The van der Waals surface area contributed by atoms with E-state index in [0.29, 0.717) is 0 Å². The quantitative estimate of drug-likeness (QED) is 0.463. The number of amides is 1. The molecule has 3 rings (SSSR count). The highest BCUT2D eigenvalue weighted by Crippen LogP contribution is 2.50. The monoisotopic (exact) mass is 518 g/mol. The van der Waals surface area contributed by atoms with Crippen LogP contribution < -0.4 is 5.32 Å². The largest absolute Gasteiger partial charge is 0.471 e. The molecule has 2 atom stereocenters. The summed E-state index contributed by atoms with van der Waals surface area (Å²) in [6.07, 6.45) is -11.4. The third-order valence-electron chi connectivity index (χ3n) is 4.62. The fraction of sp³-hybridized carbons (Fsp3) is 0.263. The minimum Gasteiger partial charge on any atom is -0.374 e. The van der Waals surface area contributed by atoms with Crippen molar-refractivity contribution in [2.75, 3.05) is 0 Å². The van der Waals surface area contributed by atoms with Crippen LogP contribution in [0, 0.1) is 0 Å². The normalized spacial score (nSPS) is 19.8. The number of halogens is 9. The topological polar surface area (TPSA) is 50.7 Å². The van der Waals surface area contributed by atoms with Gasteiger partial charge in [0.1, 0.15) is 0 Å². The van der Waals surface area contributed by atoms with E-state index in [9.17, 15) is 31.1 Å². The molecule has 0 radical (unpaired) electrons. The predicted octanol–water partition coefficient (Wildman–Crippen LogP) is 6.60. The highest BCUT2D eigenvalue weighted by Gasteiger charge is 2.63. The van der Waals surface area contributed by atoms with Crippen LogP contribution in [0.2, 0.25) is 15.1 Å². The van der Waals surface area contributed by atoms with Crippen molar-refractivity contribution < 1.29 is 36.0 Å². The molecule has 0 bridgehead atoms. The molecule has 32 heavy (non-hydrogen) atoms. The van der Waals surface area contributed by atoms with Gasteiger partial charge in [0.25, 0.3) is 5.60 Å². The number of hydrogen-bond acceptors (Lipinski definition) is 3. The summed E-state index contributed by atoms with van der Waals surface area (Å²) < 4.78 is 81.1. The van der Waals surface area contributed by atoms with Gasteiger partial charge in [-0.25, -0.2) is 0 Å². The van der Waals surface area contributed by atoms with E-state index >= 15 is 0 Å². The molecule has 0 fully saturated rings. The molecule has 0 saturated heterocycles. The summed E-state index contributed by atoms with van der Waals surface area (Å²) >= 11 is 17.7. The Kier molecular flexibility index (Phi) is 6.61.